The number of hydrogen-bond acceptors (Lipinski definition) is 4. The molecule has 7 nitrogen and oxygen atoms in total. The van der Waals surface area contributed by atoms with E-state index >= 15 is 0 Å². The molecule has 1 fully saturated rings. The van der Waals surface area contributed by atoms with Gasteiger partial charge in [-0.05, 0) is 24.6 Å². The zero-order valence-electron chi connectivity index (χ0n) is 12.1. The molecule has 22 heavy (non-hydrogen) atoms. The number of hydrogen-bond donors (Lipinski definition) is 4. The quantitative estimate of drug-likeness (QED) is 0.602. The van der Waals surface area contributed by atoms with Crippen molar-refractivity contribution in [2.24, 2.45) is 0 Å². The minimum Gasteiger partial charge on any atom is -0.396 e. The molecule has 0 aliphatic carbocycles. The normalized spacial score (nSPS) is 14.5. The molecule has 0 atom stereocenters. The first-order valence-electron chi connectivity index (χ1n) is 7.07. The highest BCUT2D eigenvalue weighted by molar-refractivity contribution is 6.33. The summed E-state index contributed by atoms with van der Waals surface area (Å²) in [6.45, 7) is 1.98. The Hall–Kier alpha value is -1.99. The van der Waals surface area contributed by atoms with Crippen LogP contribution in [-0.4, -0.2) is 49.8 Å². The topological polar surface area (TPSA) is 93.7 Å². The molecule has 1 aromatic carbocycles. The summed E-state index contributed by atoms with van der Waals surface area (Å²) in [6.07, 6.45) is 0.504. The molecule has 1 heterocycles. The molecular weight excluding hydrogens is 308 g/mol. The van der Waals surface area contributed by atoms with Crippen LogP contribution in [0.5, 0.6) is 0 Å². The minimum absolute atomic E-state index is 0.0320. The molecule has 0 radical (unpaired) electrons. The number of benzene rings is 1. The van der Waals surface area contributed by atoms with E-state index in [1.165, 1.54) is 0 Å². The second-order valence-electron chi connectivity index (χ2n) is 4.90. The van der Waals surface area contributed by atoms with Crippen molar-refractivity contribution in [1.82, 2.24) is 10.6 Å². The number of anilines is 2. The summed E-state index contributed by atoms with van der Waals surface area (Å²) < 4.78 is 0. The molecule has 0 bridgehead atoms. The van der Waals surface area contributed by atoms with Gasteiger partial charge in [0.25, 0.3) is 0 Å². The number of aliphatic hydroxyl groups excluding tert-OH is 1. The third-order valence-corrected chi connectivity index (χ3v) is 3.51. The van der Waals surface area contributed by atoms with Gasteiger partial charge in [0.15, 0.2) is 0 Å². The van der Waals surface area contributed by atoms with E-state index in [-0.39, 0.29) is 25.1 Å². The monoisotopic (exact) mass is 326 g/mol. The average Bonchev–Trinajstić information content (AvgIpc) is 2.47. The second kappa shape index (κ2) is 7.86. The third-order valence-electron chi connectivity index (χ3n) is 3.21. The summed E-state index contributed by atoms with van der Waals surface area (Å²) in [6, 6.07) is 4.81. The second-order valence-corrected chi connectivity index (χ2v) is 5.30. The molecular formula is C14H19ClN4O3. The number of piperazine rings is 1. The standard InChI is InChI=1S/C14H19ClN4O3/c15-11-8-10(18-14(22)17-4-1-7-20)2-3-12(11)19-6-5-16-13(21)9-19/h2-3,8,20H,1,4-7,9H2,(H,16,21)(H2,17,18,22). The van der Waals surface area contributed by atoms with Crippen molar-refractivity contribution in [3.05, 3.63) is 23.2 Å². The summed E-state index contributed by atoms with van der Waals surface area (Å²) in [4.78, 5) is 24.9. The highest BCUT2D eigenvalue weighted by Crippen LogP contribution is 2.29. The molecule has 0 saturated carbocycles. The molecule has 0 unspecified atom stereocenters. The number of amides is 3. The van der Waals surface area contributed by atoms with E-state index in [2.05, 4.69) is 16.0 Å². The smallest absolute Gasteiger partial charge is 0.319 e. The molecule has 4 N–H and O–H groups in total. The zero-order chi connectivity index (χ0) is 15.9. The first-order valence-corrected chi connectivity index (χ1v) is 7.45. The number of aliphatic hydroxyl groups is 1. The van der Waals surface area contributed by atoms with Gasteiger partial charge in [-0.3, -0.25) is 4.79 Å². The van der Waals surface area contributed by atoms with E-state index in [0.29, 0.717) is 36.8 Å². The molecule has 0 aromatic heterocycles. The van der Waals surface area contributed by atoms with Gasteiger partial charge >= 0.3 is 6.03 Å². The fourth-order valence-electron chi connectivity index (χ4n) is 2.14. The number of nitrogens with zero attached hydrogens (tertiary/aromatic N) is 1. The van der Waals surface area contributed by atoms with Crippen molar-refractivity contribution >= 4 is 34.9 Å². The van der Waals surface area contributed by atoms with Crippen molar-refractivity contribution in [1.29, 1.82) is 0 Å². The molecule has 120 valence electrons. The van der Waals surface area contributed by atoms with Crippen molar-refractivity contribution in [3.63, 3.8) is 0 Å². The molecule has 1 aliphatic rings. The van der Waals surface area contributed by atoms with E-state index in [1.807, 2.05) is 4.90 Å². The van der Waals surface area contributed by atoms with Gasteiger partial charge in [0.2, 0.25) is 5.91 Å². The average molecular weight is 327 g/mol. The van der Waals surface area contributed by atoms with Crippen molar-refractivity contribution < 1.29 is 14.7 Å². The fourth-order valence-corrected chi connectivity index (χ4v) is 2.44. The van der Waals surface area contributed by atoms with Crippen molar-refractivity contribution in [2.45, 2.75) is 6.42 Å². The van der Waals surface area contributed by atoms with Gasteiger partial charge in [0.1, 0.15) is 0 Å². The maximum Gasteiger partial charge on any atom is 0.319 e. The van der Waals surface area contributed by atoms with Crippen LogP contribution in [-0.2, 0) is 4.79 Å². The van der Waals surface area contributed by atoms with E-state index in [9.17, 15) is 9.59 Å². The maximum absolute atomic E-state index is 11.6. The van der Waals surface area contributed by atoms with Crippen LogP contribution in [0.3, 0.4) is 0 Å². The van der Waals surface area contributed by atoms with Gasteiger partial charge in [0, 0.05) is 31.9 Å². The summed E-state index contributed by atoms with van der Waals surface area (Å²) >= 11 is 6.24. The Balaban J connectivity index is 1.97. The predicted octanol–water partition coefficient (Wildman–Crippen LogP) is 0.780. The number of carbonyl (C=O) groups excluding carboxylic acids is 2. The fraction of sp³-hybridized carbons (Fsp3) is 0.429. The Kier molecular flexibility index (Phi) is 5.85. The predicted molar refractivity (Wildman–Crippen MR) is 85.4 cm³/mol. The van der Waals surface area contributed by atoms with Gasteiger partial charge in [-0.2, -0.15) is 0 Å². The molecule has 0 spiro atoms. The van der Waals surface area contributed by atoms with Crippen molar-refractivity contribution in [2.75, 3.05) is 43.0 Å². The first kappa shape index (κ1) is 16.4. The van der Waals surface area contributed by atoms with E-state index in [1.54, 1.807) is 18.2 Å². The molecule has 8 heteroatoms. The van der Waals surface area contributed by atoms with Crippen LogP contribution < -0.4 is 20.9 Å². The number of rotatable bonds is 5. The lowest BCUT2D eigenvalue weighted by atomic mass is 10.2. The Morgan fingerprint density at radius 2 is 2.27 bits per heavy atom. The molecule has 1 aromatic rings. The largest absolute Gasteiger partial charge is 0.396 e. The highest BCUT2D eigenvalue weighted by Gasteiger charge is 2.18. The number of carbonyl (C=O) groups is 2. The van der Waals surface area contributed by atoms with Crippen LogP contribution in [0, 0.1) is 0 Å². The van der Waals surface area contributed by atoms with E-state index in [0.717, 1.165) is 5.69 Å². The maximum atomic E-state index is 11.6. The summed E-state index contributed by atoms with van der Waals surface area (Å²) in [5.41, 5.74) is 1.33. The summed E-state index contributed by atoms with van der Waals surface area (Å²) in [5.74, 6) is -0.0345. The Morgan fingerprint density at radius 3 is 2.95 bits per heavy atom. The van der Waals surface area contributed by atoms with Crippen LogP contribution in [0.4, 0.5) is 16.2 Å². The zero-order valence-corrected chi connectivity index (χ0v) is 12.8. The van der Waals surface area contributed by atoms with Gasteiger partial charge in [-0.25, -0.2) is 4.79 Å². The van der Waals surface area contributed by atoms with Crippen LogP contribution in [0.15, 0.2) is 18.2 Å². The van der Waals surface area contributed by atoms with E-state index < -0.39 is 0 Å². The highest BCUT2D eigenvalue weighted by atomic mass is 35.5. The van der Waals surface area contributed by atoms with Gasteiger partial charge < -0.3 is 26.0 Å². The van der Waals surface area contributed by atoms with E-state index in [4.69, 9.17) is 16.7 Å². The number of halogens is 1. The van der Waals surface area contributed by atoms with Crippen LogP contribution in [0.2, 0.25) is 5.02 Å². The Morgan fingerprint density at radius 1 is 1.45 bits per heavy atom. The Bertz CT molecular complexity index is 553. The lowest BCUT2D eigenvalue weighted by molar-refractivity contribution is -0.120. The van der Waals surface area contributed by atoms with Gasteiger partial charge in [-0.1, -0.05) is 11.6 Å². The Labute approximate surface area is 133 Å². The van der Waals surface area contributed by atoms with Crippen LogP contribution >= 0.6 is 11.6 Å². The molecule has 2 rings (SSSR count). The first-order chi connectivity index (χ1) is 10.6. The molecule has 1 aliphatic heterocycles. The number of nitrogens with one attached hydrogen (secondary N) is 3. The van der Waals surface area contributed by atoms with Gasteiger partial charge in [0.05, 0.1) is 17.3 Å². The van der Waals surface area contributed by atoms with Crippen LogP contribution in [0.25, 0.3) is 0 Å². The van der Waals surface area contributed by atoms with Crippen molar-refractivity contribution in [3.8, 4) is 0 Å². The van der Waals surface area contributed by atoms with Crippen LogP contribution in [0.1, 0.15) is 6.42 Å². The van der Waals surface area contributed by atoms with Gasteiger partial charge in [-0.15, -0.1) is 0 Å². The summed E-state index contributed by atoms with van der Waals surface area (Å²) in [7, 11) is 0. The lowest BCUT2D eigenvalue weighted by Crippen LogP contribution is -2.47. The third kappa shape index (κ3) is 4.51. The lowest BCUT2D eigenvalue weighted by Gasteiger charge is -2.29. The summed E-state index contributed by atoms with van der Waals surface area (Å²) in [5, 5.41) is 17.2. The SMILES string of the molecule is O=C1CN(c2ccc(NC(=O)NCCCO)cc2Cl)CCN1. The molecule has 1 saturated heterocycles. The number of urea groups is 1. The minimum atomic E-state index is -0.352. The molecule has 3 amide bonds.